The number of halogens is 3. The van der Waals surface area contributed by atoms with Crippen molar-refractivity contribution >= 4 is 0 Å². The zero-order valence-corrected chi connectivity index (χ0v) is 30.2. The lowest BCUT2D eigenvalue weighted by Crippen LogP contribution is -2.73. The van der Waals surface area contributed by atoms with Crippen molar-refractivity contribution in [1.29, 1.82) is 0 Å². The molecule has 0 amide bonds. The lowest BCUT2D eigenvalue weighted by atomic mass is 9.57. The molecule has 7 saturated heterocycles. The fourth-order valence-electron chi connectivity index (χ4n) is 10.9. The van der Waals surface area contributed by atoms with E-state index in [2.05, 4.69) is 13.8 Å². The molecule has 0 aromatic heterocycles. The van der Waals surface area contributed by atoms with Gasteiger partial charge in [0.15, 0.2) is 23.3 Å². The van der Waals surface area contributed by atoms with Crippen molar-refractivity contribution < 1.29 is 71.4 Å². The zero-order chi connectivity index (χ0) is 36.4. The van der Waals surface area contributed by atoms with Crippen molar-refractivity contribution in [3.8, 4) is 0 Å². The first-order valence-corrected chi connectivity index (χ1v) is 18.8. The average molecular weight is 735 g/mol. The Labute approximate surface area is 296 Å². The third-order valence-electron chi connectivity index (χ3n) is 14.0. The molecule has 2 saturated carbocycles. The van der Waals surface area contributed by atoms with Gasteiger partial charge in [-0.15, -0.1) is 0 Å². The van der Waals surface area contributed by atoms with Crippen molar-refractivity contribution in [2.24, 2.45) is 41.4 Å². The van der Waals surface area contributed by atoms with Crippen molar-refractivity contribution in [3.05, 3.63) is 11.3 Å². The summed E-state index contributed by atoms with van der Waals surface area (Å²) in [5.74, 6) is -4.97. The van der Waals surface area contributed by atoms with Crippen molar-refractivity contribution in [1.82, 2.24) is 0 Å². The van der Waals surface area contributed by atoms with Gasteiger partial charge in [-0.3, -0.25) is 0 Å². The molecule has 15 heteroatoms. The molecule has 16 atom stereocenters. The van der Waals surface area contributed by atoms with E-state index >= 15 is 0 Å². The summed E-state index contributed by atoms with van der Waals surface area (Å²) in [6.07, 6.45) is -4.21. The maximum absolute atomic E-state index is 14.5. The summed E-state index contributed by atoms with van der Waals surface area (Å²) in [4.78, 5) is 23.8. The number of aliphatic hydroxyl groups is 2. The Morgan fingerprint density at radius 2 is 1.31 bits per heavy atom. The molecule has 8 aliphatic heterocycles. The smallest absolute Gasteiger partial charge is 0.449 e. The molecule has 2 N–H and O–H groups in total. The second-order valence-electron chi connectivity index (χ2n) is 17.1. The number of allylic oxidation sites excluding steroid dienone is 1. The van der Waals surface area contributed by atoms with Crippen LogP contribution in [0.5, 0.6) is 0 Å². The highest BCUT2D eigenvalue weighted by atomic mass is 19.4. The van der Waals surface area contributed by atoms with Gasteiger partial charge in [0.25, 0.3) is 0 Å². The summed E-state index contributed by atoms with van der Waals surface area (Å²) >= 11 is 0. The van der Waals surface area contributed by atoms with Crippen LogP contribution in [-0.4, -0.2) is 89.6 Å². The Morgan fingerprint density at radius 3 is 1.98 bits per heavy atom. The normalized spacial score (nSPS) is 51.5. The van der Waals surface area contributed by atoms with Crippen LogP contribution in [0.4, 0.5) is 13.2 Å². The Hall–Kier alpha value is -1.11. The van der Waals surface area contributed by atoms with Crippen LogP contribution in [0.15, 0.2) is 11.3 Å². The third-order valence-corrected chi connectivity index (χ3v) is 14.0. The number of fused-ring (bicyclic) bond motifs is 4. The van der Waals surface area contributed by atoms with E-state index in [1.807, 2.05) is 13.8 Å². The van der Waals surface area contributed by atoms with E-state index in [4.69, 9.17) is 48.0 Å². The van der Waals surface area contributed by atoms with Gasteiger partial charge in [0.2, 0.25) is 23.6 Å². The molecule has 4 bridgehead atoms. The lowest BCUT2D eigenvalue weighted by Gasteiger charge is -2.62. The summed E-state index contributed by atoms with van der Waals surface area (Å²) < 4.78 is 80.3. The summed E-state index contributed by atoms with van der Waals surface area (Å²) in [6, 6.07) is 0. The quantitative estimate of drug-likeness (QED) is 0.310. The van der Waals surface area contributed by atoms with Gasteiger partial charge in [0, 0.05) is 42.1 Å². The van der Waals surface area contributed by atoms with Gasteiger partial charge in [-0.2, -0.15) is 13.2 Å². The van der Waals surface area contributed by atoms with E-state index in [0.29, 0.717) is 38.0 Å². The Kier molecular flexibility index (Phi) is 9.00. The molecule has 290 valence electrons. The summed E-state index contributed by atoms with van der Waals surface area (Å²) in [5.41, 5.74) is -2.18. The largest absolute Gasteiger partial charge is 0.456 e. The molecule has 9 fully saturated rings. The summed E-state index contributed by atoms with van der Waals surface area (Å²) in [6.45, 7) is 10.3. The second kappa shape index (κ2) is 12.5. The molecule has 2 aliphatic carbocycles. The van der Waals surface area contributed by atoms with Crippen LogP contribution in [0, 0.1) is 41.4 Å². The van der Waals surface area contributed by atoms with Crippen molar-refractivity contribution in [2.75, 3.05) is 19.8 Å². The number of rotatable bonds is 8. The molecule has 12 nitrogen and oxygen atoms in total. The van der Waals surface area contributed by atoms with Gasteiger partial charge in [-0.1, -0.05) is 20.8 Å². The van der Waals surface area contributed by atoms with E-state index < -0.39 is 84.4 Å². The summed E-state index contributed by atoms with van der Waals surface area (Å²) in [5, 5.41) is 22.0. The predicted octanol–water partition coefficient (Wildman–Crippen LogP) is 5.40. The van der Waals surface area contributed by atoms with E-state index in [0.717, 1.165) is 19.3 Å². The fraction of sp³-hybridized carbons (Fsp3) is 0.944. The van der Waals surface area contributed by atoms with E-state index in [1.54, 1.807) is 13.8 Å². The Bertz CT molecular complexity index is 1380. The molecule has 2 unspecified atom stereocenters. The SMILES string of the molecule is C[C@@H]1CC[C@H]2C(COC[C@@H](O)[C@H](O)CO[C@@]3(C)O[C@@H]4O[C@]5(C)CCC6[C@H](C)CC[C@@H]([C@H]3C)[C@]64OO5)=C(C(F)(F)F)O[C@@H]3O[C@@]4(C)CCC1[C@]32OO4. The highest BCUT2D eigenvalue weighted by Crippen LogP contribution is 2.63. The molecule has 10 rings (SSSR count). The van der Waals surface area contributed by atoms with Crippen LogP contribution in [0.2, 0.25) is 0 Å². The number of alkyl halides is 3. The minimum atomic E-state index is -4.82. The maximum atomic E-state index is 14.5. The van der Waals surface area contributed by atoms with Crippen LogP contribution in [0.1, 0.15) is 92.9 Å². The molecule has 0 aromatic carbocycles. The standard InChI is InChI=1S/C36H53F3O12/c1-18-7-9-24-20(3)33(6,47-30-34(24)22(18)11-14-32(5,46-30)49-50-34)43-17-27(41)26(40)16-42-15-21-25-10-8-19(2)23-12-13-31(4)45-29(35(23,25)51-48-31)44-28(21)36(37,38)39/h18-20,22-27,29-30,40-41H,7-17H2,1-6H3/t18-,19-,20-,22?,23?,24+,25+,26-,27-,29-,30+,31-,32+,33+,34-,35-/m1/s1. The molecule has 0 aromatic rings. The molecule has 51 heavy (non-hydrogen) atoms. The van der Waals surface area contributed by atoms with Crippen LogP contribution in [0.3, 0.4) is 0 Å². The summed E-state index contributed by atoms with van der Waals surface area (Å²) in [7, 11) is 0. The van der Waals surface area contributed by atoms with E-state index in [9.17, 15) is 23.4 Å². The topological polar surface area (TPSA) is 133 Å². The molecular formula is C36H53F3O12. The molecule has 2 spiro atoms. The predicted molar refractivity (Wildman–Crippen MR) is 167 cm³/mol. The highest BCUT2D eigenvalue weighted by molar-refractivity contribution is 5.28. The van der Waals surface area contributed by atoms with Crippen molar-refractivity contribution in [2.45, 2.75) is 152 Å². The van der Waals surface area contributed by atoms with E-state index in [1.165, 1.54) is 0 Å². The van der Waals surface area contributed by atoms with Gasteiger partial charge < -0.3 is 38.6 Å². The lowest BCUT2D eigenvalue weighted by molar-refractivity contribution is -0.586. The first kappa shape index (κ1) is 36.8. The van der Waals surface area contributed by atoms with E-state index in [-0.39, 0.29) is 41.8 Å². The van der Waals surface area contributed by atoms with Gasteiger partial charge in [0.05, 0.1) is 19.8 Å². The zero-order valence-electron chi connectivity index (χ0n) is 30.2. The second-order valence-corrected chi connectivity index (χ2v) is 17.1. The molecule has 10 aliphatic rings. The average Bonchev–Trinajstić information content (AvgIpc) is 3.44. The number of hydrogen-bond donors (Lipinski definition) is 2. The Balaban J connectivity index is 0.942. The minimum absolute atomic E-state index is 0.0168. The number of aliphatic hydroxyl groups excluding tert-OH is 2. The van der Waals surface area contributed by atoms with Crippen LogP contribution in [0.25, 0.3) is 0 Å². The molecule has 8 heterocycles. The monoisotopic (exact) mass is 734 g/mol. The third kappa shape index (κ3) is 5.65. The fourth-order valence-corrected chi connectivity index (χ4v) is 10.9. The minimum Gasteiger partial charge on any atom is -0.456 e. The number of hydrogen-bond acceptors (Lipinski definition) is 12. The van der Waals surface area contributed by atoms with Crippen LogP contribution in [-0.2, 0) is 48.0 Å². The van der Waals surface area contributed by atoms with Crippen LogP contribution >= 0.6 is 0 Å². The molecule has 0 radical (unpaired) electrons. The van der Waals surface area contributed by atoms with Crippen molar-refractivity contribution in [3.63, 3.8) is 0 Å². The Morgan fingerprint density at radius 1 is 0.725 bits per heavy atom. The van der Waals surface area contributed by atoms with Gasteiger partial charge in [-0.25, -0.2) is 19.6 Å². The van der Waals surface area contributed by atoms with Gasteiger partial charge in [-0.05, 0) is 77.0 Å². The first-order valence-electron chi connectivity index (χ1n) is 18.8. The van der Waals surface area contributed by atoms with Crippen LogP contribution < -0.4 is 0 Å². The first-order chi connectivity index (χ1) is 23.9. The number of ether oxygens (including phenoxy) is 6. The highest BCUT2D eigenvalue weighted by Gasteiger charge is 2.72. The van der Waals surface area contributed by atoms with Gasteiger partial charge in [0.1, 0.15) is 12.2 Å². The maximum Gasteiger partial charge on any atom is 0.449 e. The van der Waals surface area contributed by atoms with Gasteiger partial charge >= 0.3 is 6.18 Å². The molecular weight excluding hydrogens is 681 g/mol.